The molecule has 0 radical (unpaired) electrons. The third-order valence-corrected chi connectivity index (χ3v) is 6.08. The van der Waals surface area contributed by atoms with E-state index in [-0.39, 0.29) is 17.0 Å². The summed E-state index contributed by atoms with van der Waals surface area (Å²) in [4.78, 5) is 11.4. The molecule has 2 aromatic rings. The lowest BCUT2D eigenvalue weighted by atomic mass is 9.76. The summed E-state index contributed by atoms with van der Waals surface area (Å²) in [7, 11) is 0. The monoisotopic (exact) mass is 452 g/mol. The summed E-state index contributed by atoms with van der Waals surface area (Å²) >= 11 is 0. The van der Waals surface area contributed by atoms with Crippen LogP contribution >= 0.6 is 0 Å². The van der Waals surface area contributed by atoms with Crippen molar-refractivity contribution in [2.75, 3.05) is 0 Å². The molecule has 0 aliphatic heterocycles. The molecule has 0 spiro atoms. The first-order chi connectivity index (χ1) is 15.2. The van der Waals surface area contributed by atoms with Gasteiger partial charge in [-0.25, -0.2) is 26.7 Å². The number of benzene rings is 2. The van der Waals surface area contributed by atoms with Gasteiger partial charge in [-0.3, -0.25) is 0 Å². The van der Waals surface area contributed by atoms with E-state index in [1.807, 2.05) is 0 Å². The Morgan fingerprint density at radius 2 is 1.59 bits per heavy atom. The molecule has 0 atom stereocenters. The number of rotatable bonds is 7. The minimum atomic E-state index is -1.84. The molecule has 1 N–H and O–H groups in total. The van der Waals surface area contributed by atoms with Crippen LogP contribution < -0.4 is 0 Å². The van der Waals surface area contributed by atoms with Gasteiger partial charge >= 0.3 is 5.97 Å². The van der Waals surface area contributed by atoms with Gasteiger partial charge in [-0.15, -0.1) is 0 Å². The first kappa shape index (κ1) is 24.0. The maximum Gasteiger partial charge on any atom is 0.341 e. The first-order valence-corrected chi connectivity index (χ1v) is 10.8. The average molecular weight is 452 g/mol. The van der Waals surface area contributed by atoms with E-state index in [0.29, 0.717) is 30.9 Å². The average Bonchev–Trinajstić information content (AvgIpc) is 2.74. The van der Waals surface area contributed by atoms with Crippen molar-refractivity contribution in [1.29, 1.82) is 0 Å². The molecular formula is C25H25F5O2. The number of carboxylic acids is 1. The number of halogens is 5. The van der Waals surface area contributed by atoms with Gasteiger partial charge in [0.25, 0.3) is 0 Å². The number of unbranched alkanes of at least 4 members (excludes halogenated alkanes) is 2. The lowest BCUT2D eigenvalue weighted by molar-refractivity contribution is 0.0686. The van der Waals surface area contributed by atoms with Gasteiger partial charge in [0, 0.05) is 5.56 Å². The van der Waals surface area contributed by atoms with E-state index in [9.17, 15) is 27.5 Å². The Labute approximate surface area is 183 Å². The molecule has 1 fully saturated rings. The highest BCUT2D eigenvalue weighted by molar-refractivity contribution is 5.91. The number of carbonyl (C=O) groups is 1. The van der Waals surface area contributed by atoms with E-state index >= 15 is 4.39 Å². The van der Waals surface area contributed by atoms with Crippen molar-refractivity contribution in [2.45, 2.75) is 57.8 Å². The van der Waals surface area contributed by atoms with Gasteiger partial charge in [-0.05, 0) is 73.3 Å². The number of hydrogen-bond donors (Lipinski definition) is 1. The minimum Gasteiger partial charge on any atom is -0.477 e. The molecule has 2 aromatic carbocycles. The summed E-state index contributed by atoms with van der Waals surface area (Å²) in [6, 6.07) is 2.14. The molecule has 172 valence electrons. The Morgan fingerprint density at radius 3 is 2.16 bits per heavy atom. The Hall–Kier alpha value is -2.70. The van der Waals surface area contributed by atoms with Gasteiger partial charge in [0.1, 0.15) is 17.2 Å². The molecule has 2 nitrogen and oxygen atoms in total. The van der Waals surface area contributed by atoms with Crippen LogP contribution in [0.3, 0.4) is 0 Å². The molecule has 7 heteroatoms. The topological polar surface area (TPSA) is 37.3 Å². The lowest BCUT2D eigenvalue weighted by Gasteiger charge is -2.29. The van der Waals surface area contributed by atoms with Crippen molar-refractivity contribution in [3.63, 3.8) is 0 Å². The van der Waals surface area contributed by atoms with Crippen LogP contribution in [0.5, 0.6) is 0 Å². The van der Waals surface area contributed by atoms with Crippen LogP contribution in [0.25, 0.3) is 11.1 Å². The molecule has 0 bridgehead atoms. The fourth-order valence-electron chi connectivity index (χ4n) is 4.38. The summed E-state index contributed by atoms with van der Waals surface area (Å²) in [5.41, 5.74) is -1.83. The maximum atomic E-state index is 15.2. The zero-order valence-corrected chi connectivity index (χ0v) is 17.7. The SMILES string of the molecule is CCCC/C=C/C1CCC(c2cc(F)c(C(=O)O)c(F)c2-c2cc(F)c(F)c(F)c2)CC1. The summed E-state index contributed by atoms with van der Waals surface area (Å²) in [6.07, 6.45) is 10.2. The van der Waals surface area contributed by atoms with Crippen LogP contribution in [0.15, 0.2) is 30.4 Å². The Bertz CT molecular complexity index is 1000. The molecular weight excluding hydrogens is 427 g/mol. The van der Waals surface area contributed by atoms with E-state index < -0.39 is 46.2 Å². The lowest BCUT2D eigenvalue weighted by Crippen LogP contribution is -2.16. The van der Waals surface area contributed by atoms with Crippen LogP contribution in [0, 0.1) is 35.0 Å². The number of hydrogen-bond acceptors (Lipinski definition) is 1. The summed E-state index contributed by atoms with van der Waals surface area (Å²) in [5, 5.41) is 9.23. The second-order valence-electron chi connectivity index (χ2n) is 8.25. The number of aromatic carboxylic acids is 1. The van der Waals surface area contributed by atoms with Crippen molar-refractivity contribution in [3.05, 3.63) is 70.6 Å². The molecule has 1 aliphatic carbocycles. The third kappa shape index (κ3) is 5.03. The van der Waals surface area contributed by atoms with Crippen LogP contribution in [0.4, 0.5) is 22.0 Å². The molecule has 32 heavy (non-hydrogen) atoms. The summed E-state index contributed by atoms with van der Waals surface area (Å²) < 4.78 is 70.9. The zero-order valence-electron chi connectivity index (χ0n) is 17.7. The Morgan fingerprint density at radius 1 is 0.969 bits per heavy atom. The summed E-state index contributed by atoms with van der Waals surface area (Å²) in [6.45, 7) is 2.11. The van der Waals surface area contributed by atoms with Gasteiger partial charge in [0.15, 0.2) is 17.5 Å². The van der Waals surface area contributed by atoms with Crippen molar-refractivity contribution < 1.29 is 31.9 Å². The Kier molecular flexibility index (Phi) is 7.69. The van der Waals surface area contributed by atoms with E-state index in [4.69, 9.17) is 0 Å². The van der Waals surface area contributed by atoms with Gasteiger partial charge in [0.05, 0.1) is 0 Å². The van der Waals surface area contributed by atoms with E-state index in [1.165, 1.54) is 0 Å². The zero-order chi connectivity index (χ0) is 23.4. The van der Waals surface area contributed by atoms with Crippen LogP contribution in [-0.4, -0.2) is 11.1 Å². The second kappa shape index (κ2) is 10.3. The van der Waals surface area contributed by atoms with E-state index in [0.717, 1.165) is 38.2 Å². The standard InChI is InChI=1S/C25H25F5O2/c1-2-3-4-5-6-14-7-9-15(10-8-14)17-13-18(26)22(25(31)32)24(30)21(17)16-11-19(27)23(29)20(28)12-16/h5-6,11-15H,2-4,7-10H2,1H3,(H,31,32)/b6-5+. The molecule has 1 saturated carbocycles. The largest absolute Gasteiger partial charge is 0.477 e. The predicted molar refractivity (Wildman–Crippen MR) is 112 cm³/mol. The maximum absolute atomic E-state index is 15.2. The van der Waals surface area contributed by atoms with Crippen LogP contribution in [-0.2, 0) is 0 Å². The van der Waals surface area contributed by atoms with Crippen molar-refractivity contribution in [3.8, 4) is 11.1 Å². The number of allylic oxidation sites excluding steroid dienone is 2. The highest BCUT2D eigenvalue weighted by Crippen LogP contribution is 2.43. The third-order valence-electron chi connectivity index (χ3n) is 6.08. The normalized spacial score (nSPS) is 18.9. The highest BCUT2D eigenvalue weighted by Gasteiger charge is 2.30. The molecule has 0 aromatic heterocycles. The van der Waals surface area contributed by atoms with E-state index in [1.54, 1.807) is 0 Å². The fraction of sp³-hybridized carbons (Fsp3) is 0.400. The summed E-state index contributed by atoms with van der Waals surface area (Å²) in [5.74, 6) is -9.28. The highest BCUT2D eigenvalue weighted by atomic mass is 19.2. The molecule has 3 rings (SSSR count). The van der Waals surface area contributed by atoms with Crippen molar-refractivity contribution >= 4 is 5.97 Å². The second-order valence-corrected chi connectivity index (χ2v) is 8.25. The van der Waals surface area contributed by atoms with Gasteiger partial charge in [0.2, 0.25) is 0 Å². The minimum absolute atomic E-state index is 0.142. The smallest absolute Gasteiger partial charge is 0.341 e. The Balaban J connectivity index is 2.00. The molecule has 0 unspecified atom stereocenters. The van der Waals surface area contributed by atoms with Crippen LogP contribution in [0.2, 0.25) is 0 Å². The fourth-order valence-corrected chi connectivity index (χ4v) is 4.38. The van der Waals surface area contributed by atoms with Crippen molar-refractivity contribution in [2.24, 2.45) is 5.92 Å². The van der Waals surface area contributed by atoms with Crippen LogP contribution in [0.1, 0.15) is 73.7 Å². The van der Waals surface area contributed by atoms with Gasteiger partial charge in [-0.2, -0.15) is 0 Å². The van der Waals surface area contributed by atoms with Gasteiger partial charge < -0.3 is 5.11 Å². The number of carboxylic acid groups (broad SMARTS) is 1. The first-order valence-electron chi connectivity index (χ1n) is 10.8. The molecule has 0 heterocycles. The molecule has 0 saturated heterocycles. The van der Waals surface area contributed by atoms with Gasteiger partial charge in [-0.1, -0.05) is 31.9 Å². The predicted octanol–water partition coefficient (Wildman–Crippen LogP) is 7.77. The molecule has 0 amide bonds. The quantitative estimate of drug-likeness (QED) is 0.202. The van der Waals surface area contributed by atoms with Crippen molar-refractivity contribution in [1.82, 2.24) is 0 Å². The van der Waals surface area contributed by atoms with E-state index in [2.05, 4.69) is 19.1 Å². The molecule has 1 aliphatic rings.